The maximum Gasteiger partial charge on any atom is 0.136 e. The predicted octanol–water partition coefficient (Wildman–Crippen LogP) is 5.29. The van der Waals surface area contributed by atoms with Crippen molar-refractivity contribution in [1.29, 1.82) is 0 Å². The van der Waals surface area contributed by atoms with Gasteiger partial charge in [-0.15, -0.1) is 0 Å². The smallest absolute Gasteiger partial charge is 0.136 e. The largest absolute Gasteiger partial charge is 0.370 e. The molecule has 0 saturated heterocycles. The number of hydrogen-bond acceptors (Lipinski definition) is 4. The van der Waals surface area contributed by atoms with Crippen LogP contribution in [0.25, 0.3) is 0 Å². The molecule has 6 heteroatoms. The Bertz CT molecular complexity index is 624. The topological polar surface area (TPSA) is 49.8 Å². The summed E-state index contributed by atoms with van der Waals surface area (Å²) in [6, 6.07) is 7.17. The fraction of sp³-hybridized carbons (Fsp3) is 0.375. The van der Waals surface area contributed by atoms with Crippen LogP contribution < -0.4 is 10.6 Å². The fourth-order valence-electron chi connectivity index (χ4n) is 1.99. The third-order valence-electron chi connectivity index (χ3n) is 3.00. The Balaban J connectivity index is 2.11. The summed E-state index contributed by atoms with van der Waals surface area (Å²) in [5.41, 5.74) is 0.795. The second kappa shape index (κ2) is 7.65. The Morgan fingerprint density at radius 1 is 1.00 bits per heavy atom. The minimum Gasteiger partial charge on any atom is -0.370 e. The third kappa shape index (κ3) is 5.35. The van der Waals surface area contributed by atoms with Crippen LogP contribution in [0.2, 0.25) is 10.0 Å². The molecule has 2 N–H and O–H groups in total. The molecule has 2 rings (SSSR count). The first-order chi connectivity index (χ1) is 10.4. The van der Waals surface area contributed by atoms with Gasteiger partial charge < -0.3 is 10.6 Å². The molecule has 1 aromatic carbocycles. The number of halogens is 2. The van der Waals surface area contributed by atoms with Gasteiger partial charge in [-0.05, 0) is 37.5 Å². The minimum absolute atomic E-state index is 0.580. The highest BCUT2D eigenvalue weighted by atomic mass is 35.5. The van der Waals surface area contributed by atoms with Crippen LogP contribution in [0.5, 0.6) is 0 Å². The van der Waals surface area contributed by atoms with E-state index in [2.05, 4.69) is 34.4 Å². The molecule has 2 aromatic rings. The molecular weight excluding hydrogens is 319 g/mol. The van der Waals surface area contributed by atoms with Crippen molar-refractivity contribution in [3.8, 4) is 0 Å². The summed E-state index contributed by atoms with van der Waals surface area (Å²) in [4.78, 5) is 8.78. The van der Waals surface area contributed by atoms with Crippen molar-refractivity contribution in [3.05, 3.63) is 40.1 Å². The zero-order valence-electron chi connectivity index (χ0n) is 13.0. The zero-order chi connectivity index (χ0) is 16.1. The van der Waals surface area contributed by atoms with E-state index in [9.17, 15) is 0 Å². The van der Waals surface area contributed by atoms with Crippen molar-refractivity contribution in [1.82, 2.24) is 9.97 Å². The SMILES string of the molecule is Cc1nc(NCCC(C)C)cc(Nc2cc(Cl)cc(Cl)c2)n1. The molecule has 22 heavy (non-hydrogen) atoms. The normalized spacial score (nSPS) is 10.8. The number of rotatable bonds is 6. The van der Waals surface area contributed by atoms with E-state index < -0.39 is 0 Å². The molecule has 0 bridgehead atoms. The lowest BCUT2D eigenvalue weighted by Gasteiger charge is -2.11. The second-order valence-corrected chi connectivity index (χ2v) is 6.45. The summed E-state index contributed by atoms with van der Waals surface area (Å²) in [7, 11) is 0. The molecule has 0 aliphatic heterocycles. The first-order valence-corrected chi connectivity index (χ1v) is 8.00. The summed E-state index contributed by atoms with van der Waals surface area (Å²) in [6.07, 6.45) is 1.09. The van der Waals surface area contributed by atoms with Crippen LogP contribution in [0.1, 0.15) is 26.1 Å². The van der Waals surface area contributed by atoms with E-state index in [1.807, 2.05) is 13.0 Å². The molecular formula is C16H20Cl2N4. The van der Waals surface area contributed by atoms with Crippen molar-refractivity contribution in [2.24, 2.45) is 5.92 Å². The minimum atomic E-state index is 0.580. The Labute approximate surface area is 141 Å². The van der Waals surface area contributed by atoms with Gasteiger partial charge in [0.1, 0.15) is 17.5 Å². The molecule has 0 aliphatic rings. The molecule has 0 fully saturated rings. The molecule has 118 valence electrons. The van der Waals surface area contributed by atoms with Crippen LogP contribution in [0.4, 0.5) is 17.3 Å². The molecule has 4 nitrogen and oxygen atoms in total. The van der Waals surface area contributed by atoms with Gasteiger partial charge in [-0.25, -0.2) is 9.97 Å². The first kappa shape index (κ1) is 16.8. The van der Waals surface area contributed by atoms with E-state index in [1.54, 1.807) is 18.2 Å². The second-order valence-electron chi connectivity index (χ2n) is 5.58. The lowest BCUT2D eigenvalue weighted by molar-refractivity contribution is 0.606. The molecule has 0 radical (unpaired) electrons. The van der Waals surface area contributed by atoms with Crippen LogP contribution in [0.3, 0.4) is 0 Å². The predicted molar refractivity (Wildman–Crippen MR) is 94.5 cm³/mol. The van der Waals surface area contributed by atoms with Crippen LogP contribution in [-0.2, 0) is 0 Å². The highest BCUT2D eigenvalue weighted by Crippen LogP contribution is 2.25. The molecule has 0 saturated carbocycles. The van der Waals surface area contributed by atoms with Crippen molar-refractivity contribution < 1.29 is 0 Å². The summed E-state index contributed by atoms with van der Waals surface area (Å²) >= 11 is 12.0. The number of aryl methyl sites for hydroxylation is 1. The molecule has 1 heterocycles. The molecule has 0 amide bonds. The third-order valence-corrected chi connectivity index (χ3v) is 3.44. The highest BCUT2D eigenvalue weighted by Gasteiger charge is 2.04. The van der Waals surface area contributed by atoms with Crippen molar-refractivity contribution in [2.75, 3.05) is 17.2 Å². The molecule has 1 aromatic heterocycles. The van der Waals surface area contributed by atoms with E-state index in [1.165, 1.54) is 0 Å². The van der Waals surface area contributed by atoms with E-state index in [-0.39, 0.29) is 0 Å². The Kier molecular flexibility index (Phi) is 5.86. The van der Waals surface area contributed by atoms with Crippen molar-refractivity contribution in [2.45, 2.75) is 27.2 Å². The highest BCUT2D eigenvalue weighted by molar-refractivity contribution is 6.35. The molecule has 0 aliphatic carbocycles. The number of hydrogen-bond donors (Lipinski definition) is 2. The number of anilines is 3. The Hall–Kier alpha value is -1.52. The van der Waals surface area contributed by atoms with Gasteiger partial charge in [0.15, 0.2) is 0 Å². The van der Waals surface area contributed by atoms with E-state index in [0.29, 0.717) is 27.6 Å². The summed E-state index contributed by atoms with van der Waals surface area (Å²) in [5, 5.41) is 7.69. The maximum absolute atomic E-state index is 6.01. The number of benzene rings is 1. The van der Waals surface area contributed by atoms with Crippen LogP contribution in [0.15, 0.2) is 24.3 Å². The fourth-order valence-corrected chi connectivity index (χ4v) is 2.51. The monoisotopic (exact) mass is 338 g/mol. The average molecular weight is 339 g/mol. The van der Waals surface area contributed by atoms with E-state index in [4.69, 9.17) is 23.2 Å². The van der Waals surface area contributed by atoms with Gasteiger partial charge in [0.05, 0.1) is 0 Å². The summed E-state index contributed by atoms with van der Waals surface area (Å²) in [6.45, 7) is 7.14. The van der Waals surface area contributed by atoms with Gasteiger partial charge in [-0.1, -0.05) is 37.0 Å². The Morgan fingerprint density at radius 2 is 1.64 bits per heavy atom. The van der Waals surface area contributed by atoms with Gasteiger partial charge in [-0.3, -0.25) is 0 Å². The molecule has 0 spiro atoms. The lowest BCUT2D eigenvalue weighted by Crippen LogP contribution is -2.08. The summed E-state index contributed by atoms with van der Waals surface area (Å²) < 4.78 is 0. The van der Waals surface area contributed by atoms with Gasteiger partial charge in [-0.2, -0.15) is 0 Å². The standard InChI is InChI=1S/C16H20Cl2N4/c1-10(2)4-5-19-15-9-16(21-11(3)20-15)22-14-7-12(17)6-13(18)8-14/h6-10H,4-5H2,1-3H3,(H2,19,20,21,22). The Morgan fingerprint density at radius 3 is 2.27 bits per heavy atom. The lowest BCUT2D eigenvalue weighted by atomic mass is 10.1. The number of nitrogens with one attached hydrogen (secondary N) is 2. The van der Waals surface area contributed by atoms with Gasteiger partial charge in [0.25, 0.3) is 0 Å². The molecule has 0 unspecified atom stereocenters. The van der Waals surface area contributed by atoms with E-state index in [0.717, 1.165) is 24.5 Å². The van der Waals surface area contributed by atoms with Crippen molar-refractivity contribution >= 4 is 40.5 Å². The summed E-state index contributed by atoms with van der Waals surface area (Å²) in [5.74, 6) is 2.87. The number of aromatic nitrogens is 2. The molecule has 0 atom stereocenters. The first-order valence-electron chi connectivity index (χ1n) is 7.25. The zero-order valence-corrected chi connectivity index (χ0v) is 14.5. The maximum atomic E-state index is 6.01. The van der Waals surface area contributed by atoms with Crippen LogP contribution >= 0.6 is 23.2 Å². The number of nitrogens with zero attached hydrogens (tertiary/aromatic N) is 2. The van der Waals surface area contributed by atoms with Gasteiger partial charge in [0, 0.05) is 28.3 Å². The van der Waals surface area contributed by atoms with E-state index >= 15 is 0 Å². The quantitative estimate of drug-likeness (QED) is 0.750. The average Bonchev–Trinajstić information content (AvgIpc) is 2.36. The van der Waals surface area contributed by atoms with Crippen LogP contribution in [-0.4, -0.2) is 16.5 Å². The van der Waals surface area contributed by atoms with Crippen LogP contribution in [0, 0.1) is 12.8 Å². The van der Waals surface area contributed by atoms with Gasteiger partial charge in [0.2, 0.25) is 0 Å². The van der Waals surface area contributed by atoms with Crippen molar-refractivity contribution in [3.63, 3.8) is 0 Å². The van der Waals surface area contributed by atoms with Gasteiger partial charge >= 0.3 is 0 Å².